The molecule has 8 heteroatoms. The summed E-state index contributed by atoms with van der Waals surface area (Å²) in [6.07, 6.45) is 2.97. The highest BCUT2D eigenvalue weighted by atomic mass is 19.3. The predicted molar refractivity (Wildman–Crippen MR) is 78.9 cm³/mol. The monoisotopic (exact) mass is 321 g/mol. The van der Waals surface area contributed by atoms with Gasteiger partial charge >= 0.3 is 6.55 Å². The normalized spacial score (nSPS) is 16.0. The van der Waals surface area contributed by atoms with E-state index in [2.05, 4.69) is 15.0 Å². The smallest absolute Gasteiger partial charge is 0.333 e. The van der Waals surface area contributed by atoms with Crippen molar-refractivity contribution in [3.8, 4) is 0 Å². The Kier molecular flexibility index (Phi) is 4.61. The van der Waals surface area contributed by atoms with Crippen molar-refractivity contribution >= 4 is 5.91 Å². The molecule has 1 aliphatic heterocycles. The number of hydrogen-bond donors (Lipinski definition) is 0. The van der Waals surface area contributed by atoms with Crippen LogP contribution in [-0.4, -0.2) is 56.7 Å². The van der Waals surface area contributed by atoms with Crippen LogP contribution in [0.5, 0.6) is 0 Å². The first-order chi connectivity index (χ1) is 11.1. The van der Waals surface area contributed by atoms with Crippen LogP contribution in [0.3, 0.4) is 0 Å². The fraction of sp³-hybridized carbons (Fsp3) is 0.400. The van der Waals surface area contributed by atoms with Gasteiger partial charge in [-0.25, -0.2) is 0 Å². The molecule has 6 nitrogen and oxygen atoms in total. The Hall–Kier alpha value is -2.35. The molecular weight excluding hydrogens is 304 g/mol. The molecule has 2 aromatic heterocycles. The van der Waals surface area contributed by atoms with Crippen molar-refractivity contribution in [2.45, 2.75) is 13.1 Å². The maximum atomic E-state index is 12.8. The Morgan fingerprint density at radius 3 is 2.57 bits per heavy atom. The number of piperazine rings is 1. The fourth-order valence-electron chi connectivity index (χ4n) is 2.63. The van der Waals surface area contributed by atoms with Gasteiger partial charge in [0, 0.05) is 45.1 Å². The summed E-state index contributed by atoms with van der Waals surface area (Å²) in [7, 11) is 0. The Balaban J connectivity index is 1.58. The molecule has 3 heterocycles. The summed E-state index contributed by atoms with van der Waals surface area (Å²) in [5, 5.41) is 3.50. The molecule has 3 rings (SSSR count). The highest BCUT2D eigenvalue weighted by Gasteiger charge is 2.26. The maximum absolute atomic E-state index is 12.8. The van der Waals surface area contributed by atoms with E-state index in [0.29, 0.717) is 30.9 Å². The Labute approximate surface area is 132 Å². The van der Waals surface area contributed by atoms with Crippen LogP contribution < -0.4 is 0 Å². The van der Waals surface area contributed by atoms with Gasteiger partial charge in [-0.05, 0) is 18.2 Å². The van der Waals surface area contributed by atoms with Crippen molar-refractivity contribution in [3.05, 3.63) is 48.0 Å². The Morgan fingerprint density at radius 2 is 1.91 bits per heavy atom. The van der Waals surface area contributed by atoms with Gasteiger partial charge in [0.2, 0.25) is 0 Å². The van der Waals surface area contributed by atoms with Gasteiger partial charge in [0.25, 0.3) is 5.91 Å². The lowest BCUT2D eigenvalue weighted by Crippen LogP contribution is -2.48. The summed E-state index contributed by atoms with van der Waals surface area (Å²) in [5.74, 6) is -0.403. The topological polar surface area (TPSA) is 54.3 Å². The van der Waals surface area contributed by atoms with E-state index in [0.717, 1.165) is 12.2 Å². The maximum Gasteiger partial charge on any atom is 0.333 e. The van der Waals surface area contributed by atoms with Gasteiger partial charge in [-0.2, -0.15) is 18.6 Å². The second-order valence-electron chi connectivity index (χ2n) is 5.33. The molecule has 0 N–H and O–H groups in total. The van der Waals surface area contributed by atoms with Crippen molar-refractivity contribution in [2.24, 2.45) is 0 Å². The van der Waals surface area contributed by atoms with E-state index in [1.807, 2.05) is 18.2 Å². The van der Waals surface area contributed by atoms with Crippen molar-refractivity contribution in [1.29, 1.82) is 0 Å². The Bertz CT molecular complexity index is 653. The molecule has 1 saturated heterocycles. The highest BCUT2D eigenvalue weighted by Crippen LogP contribution is 2.15. The predicted octanol–water partition coefficient (Wildman–Crippen LogP) is 1.63. The second kappa shape index (κ2) is 6.82. The molecule has 0 bridgehead atoms. The lowest BCUT2D eigenvalue weighted by atomic mass is 10.2. The fourth-order valence-corrected chi connectivity index (χ4v) is 2.63. The number of carbonyl (C=O) groups is 1. The minimum absolute atomic E-state index is 0.0711. The molecule has 0 aliphatic carbocycles. The second-order valence-corrected chi connectivity index (χ2v) is 5.33. The molecule has 1 fully saturated rings. The number of rotatable bonds is 4. The zero-order chi connectivity index (χ0) is 16.2. The first kappa shape index (κ1) is 15.5. The molecule has 0 spiro atoms. The number of alkyl halides is 2. The molecule has 2 aromatic rings. The number of pyridine rings is 1. The van der Waals surface area contributed by atoms with Crippen molar-refractivity contribution in [2.75, 3.05) is 26.2 Å². The van der Waals surface area contributed by atoms with Gasteiger partial charge in [-0.15, -0.1) is 0 Å². The van der Waals surface area contributed by atoms with Gasteiger partial charge in [0.15, 0.2) is 0 Å². The highest BCUT2D eigenvalue weighted by molar-refractivity contribution is 5.92. The first-order valence-corrected chi connectivity index (χ1v) is 7.38. The first-order valence-electron chi connectivity index (χ1n) is 7.38. The SMILES string of the molecule is O=C(c1ccnn1C(F)F)N1CCN(Cc2ccccn2)CC1. The van der Waals surface area contributed by atoms with E-state index in [4.69, 9.17) is 0 Å². The number of carbonyl (C=O) groups excluding carboxylic acids is 1. The van der Waals surface area contributed by atoms with E-state index >= 15 is 0 Å². The molecule has 0 unspecified atom stereocenters. The number of aromatic nitrogens is 3. The average Bonchev–Trinajstić information content (AvgIpc) is 3.06. The van der Waals surface area contributed by atoms with Crippen molar-refractivity contribution in [3.63, 3.8) is 0 Å². The standard InChI is InChI=1S/C15H17F2N5O/c16-15(17)22-13(4-6-19-22)14(23)21-9-7-20(8-10-21)11-12-3-1-2-5-18-12/h1-6,15H,7-11H2. The molecular formula is C15H17F2N5O. The van der Waals surface area contributed by atoms with E-state index < -0.39 is 12.5 Å². The number of hydrogen-bond acceptors (Lipinski definition) is 4. The zero-order valence-corrected chi connectivity index (χ0v) is 12.5. The summed E-state index contributed by atoms with van der Waals surface area (Å²) in [6, 6.07) is 7.09. The van der Waals surface area contributed by atoms with Gasteiger partial charge in [0.1, 0.15) is 5.69 Å². The number of nitrogens with zero attached hydrogens (tertiary/aromatic N) is 5. The largest absolute Gasteiger partial charge is 0.335 e. The third kappa shape index (κ3) is 3.53. The molecule has 0 saturated carbocycles. The lowest BCUT2D eigenvalue weighted by molar-refractivity contribution is 0.0423. The number of amides is 1. The van der Waals surface area contributed by atoms with Crippen LogP contribution in [0, 0.1) is 0 Å². The van der Waals surface area contributed by atoms with Crippen LogP contribution in [0.2, 0.25) is 0 Å². The van der Waals surface area contributed by atoms with Gasteiger partial charge in [-0.3, -0.25) is 14.7 Å². The van der Waals surface area contributed by atoms with E-state index in [1.54, 1.807) is 11.1 Å². The molecule has 23 heavy (non-hydrogen) atoms. The summed E-state index contributed by atoms with van der Waals surface area (Å²) in [5.41, 5.74) is 0.904. The van der Waals surface area contributed by atoms with Crippen LogP contribution in [0.25, 0.3) is 0 Å². The minimum atomic E-state index is -2.81. The van der Waals surface area contributed by atoms with Gasteiger partial charge in [0.05, 0.1) is 5.69 Å². The van der Waals surface area contributed by atoms with Gasteiger partial charge in [-0.1, -0.05) is 6.07 Å². The van der Waals surface area contributed by atoms with E-state index in [1.165, 1.54) is 12.3 Å². The Morgan fingerprint density at radius 1 is 1.13 bits per heavy atom. The number of halogens is 2. The van der Waals surface area contributed by atoms with Crippen LogP contribution in [-0.2, 0) is 6.54 Å². The summed E-state index contributed by atoms with van der Waals surface area (Å²) in [4.78, 5) is 20.4. The van der Waals surface area contributed by atoms with E-state index in [9.17, 15) is 13.6 Å². The van der Waals surface area contributed by atoms with Crippen LogP contribution in [0.15, 0.2) is 36.7 Å². The molecule has 1 amide bonds. The minimum Gasteiger partial charge on any atom is -0.335 e. The van der Waals surface area contributed by atoms with Crippen LogP contribution in [0.1, 0.15) is 22.7 Å². The van der Waals surface area contributed by atoms with Crippen molar-refractivity contribution < 1.29 is 13.6 Å². The zero-order valence-electron chi connectivity index (χ0n) is 12.5. The third-order valence-corrected chi connectivity index (χ3v) is 3.85. The molecule has 122 valence electrons. The van der Waals surface area contributed by atoms with Crippen LogP contribution >= 0.6 is 0 Å². The lowest BCUT2D eigenvalue weighted by Gasteiger charge is -2.34. The van der Waals surface area contributed by atoms with Crippen LogP contribution in [0.4, 0.5) is 8.78 Å². The summed E-state index contributed by atoms with van der Waals surface area (Å²) in [6.45, 7) is 0.281. The molecule has 0 radical (unpaired) electrons. The third-order valence-electron chi connectivity index (χ3n) is 3.85. The average molecular weight is 321 g/mol. The van der Waals surface area contributed by atoms with Gasteiger partial charge < -0.3 is 4.90 Å². The summed E-state index contributed by atoms with van der Waals surface area (Å²) >= 11 is 0. The van der Waals surface area contributed by atoms with E-state index in [-0.39, 0.29) is 5.69 Å². The molecule has 0 atom stereocenters. The molecule has 1 aliphatic rings. The quantitative estimate of drug-likeness (QED) is 0.859. The molecule has 0 aromatic carbocycles. The van der Waals surface area contributed by atoms with Crippen molar-refractivity contribution in [1.82, 2.24) is 24.6 Å². The summed E-state index contributed by atoms with van der Waals surface area (Å²) < 4.78 is 26.1.